The van der Waals surface area contributed by atoms with Gasteiger partial charge < -0.3 is 10.1 Å². The maximum absolute atomic E-state index is 12.3. The van der Waals surface area contributed by atoms with Gasteiger partial charge in [-0.25, -0.2) is 12.7 Å². The number of sulfonamides is 1. The van der Waals surface area contributed by atoms with E-state index in [0.717, 1.165) is 9.87 Å². The Bertz CT molecular complexity index is 909. The van der Waals surface area contributed by atoms with Crippen LogP contribution in [0.25, 0.3) is 0 Å². The molecule has 0 heterocycles. The molecule has 1 N–H and O–H groups in total. The average Bonchev–Trinajstić information content (AvgIpc) is 2.68. The van der Waals surface area contributed by atoms with E-state index >= 15 is 0 Å². The summed E-state index contributed by atoms with van der Waals surface area (Å²) in [7, 11) is -0.645. The number of hydrogen-bond acceptors (Lipinski definition) is 5. The maximum Gasteiger partial charge on any atom is 0.313 e. The van der Waals surface area contributed by atoms with Crippen molar-refractivity contribution >= 4 is 27.6 Å². The molecule has 0 unspecified atom stereocenters. The van der Waals surface area contributed by atoms with Crippen LogP contribution in [0.4, 0.5) is 5.69 Å². The standard InChI is InChI=1S/C20H24N2O5S/c1-4-18(15-8-6-5-7-9-15)20(24)27-14-19(23)21-16-10-12-17(13-11-16)28(25,26)22(2)3/h5-13,18H,4,14H2,1-3H3,(H,21,23)/t18-/m0/s1. The third kappa shape index (κ3) is 5.40. The molecule has 150 valence electrons. The molecule has 0 radical (unpaired) electrons. The average molecular weight is 404 g/mol. The molecule has 0 aliphatic rings. The lowest BCUT2D eigenvalue weighted by Crippen LogP contribution is -2.24. The topological polar surface area (TPSA) is 92.8 Å². The molecule has 0 aliphatic heterocycles. The van der Waals surface area contributed by atoms with Gasteiger partial charge in [-0.2, -0.15) is 0 Å². The number of esters is 1. The van der Waals surface area contributed by atoms with E-state index in [1.54, 1.807) is 0 Å². The molecular formula is C20H24N2O5S. The Morgan fingerprint density at radius 2 is 1.64 bits per heavy atom. The van der Waals surface area contributed by atoms with Gasteiger partial charge in [0.1, 0.15) is 0 Å². The minimum absolute atomic E-state index is 0.121. The van der Waals surface area contributed by atoms with Crippen LogP contribution in [0.3, 0.4) is 0 Å². The monoisotopic (exact) mass is 404 g/mol. The van der Waals surface area contributed by atoms with Gasteiger partial charge in [-0.15, -0.1) is 0 Å². The molecule has 0 aromatic heterocycles. The molecule has 1 atom stereocenters. The smallest absolute Gasteiger partial charge is 0.313 e. The molecule has 1 amide bonds. The summed E-state index contributed by atoms with van der Waals surface area (Å²) in [4.78, 5) is 24.4. The minimum atomic E-state index is -3.53. The van der Waals surface area contributed by atoms with Crippen LogP contribution in [-0.2, 0) is 24.3 Å². The summed E-state index contributed by atoms with van der Waals surface area (Å²) in [5.41, 5.74) is 1.25. The van der Waals surface area contributed by atoms with Gasteiger partial charge in [-0.05, 0) is 36.2 Å². The highest BCUT2D eigenvalue weighted by molar-refractivity contribution is 7.89. The van der Waals surface area contributed by atoms with Crippen molar-refractivity contribution in [2.45, 2.75) is 24.2 Å². The largest absolute Gasteiger partial charge is 0.455 e. The number of nitrogens with zero attached hydrogens (tertiary/aromatic N) is 1. The van der Waals surface area contributed by atoms with Crippen LogP contribution in [0.15, 0.2) is 59.5 Å². The SMILES string of the molecule is CC[C@H](C(=O)OCC(=O)Nc1ccc(S(=O)(=O)N(C)C)cc1)c1ccccc1. The third-order valence-corrected chi connectivity index (χ3v) is 5.99. The molecule has 2 rings (SSSR count). The van der Waals surface area contributed by atoms with Crippen LogP contribution >= 0.6 is 0 Å². The molecule has 0 aliphatic carbocycles. The zero-order valence-electron chi connectivity index (χ0n) is 16.1. The number of hydrogen-bond donors (Lipinski definition) is 1. The minimum Gasteiger partial charge on any atom is -0.455 e. The normalized spacial score (nSPS) is 12.4. The summed E-state index contributed by atoms with van der Waals surface area (Å²) < 4.78 is 30.3. The van der Waals surface area contributed by atoms with Crippen molar-refractivity contribution in [1.82, 2.24) is 4.31 Å². The summed E-state index contributed by atoms with van der Waals surface area (Å²) >= 11 is 0. The number of carbonyl (C=O) groups is 2. The van der Waals surface area contributed by atoms with Crippen LogP contribution in [0, 0.1) is 0 Å². The third-order valence-electron chi connectivity index (χ3n) is 4.16. The first-order chi connectivity index (χ1) is 13.3. The molecule has 0 bridgehead atoms. The van der Waals surface area contributed by atoms with Gasteiger partial charge in [-0.3, -0.25) is 9.59 Å². The molecule has 0 saturated heterocycles. The van der Waals surface area contributed by atoms with E-state index in [-0.39, 0.29) is 4.90 Å². The predicted molar refractivity (Wildman–Crippen MR) is 106 cm³/mol. The van der Waals surface area contributed by atoms with Gasteiger partial charge in [0.05, 0.1) is 10.8 Å². The lowest BCUT2D eigenvalue weighted by atomic mass is 9.97. The van der Waals surface area contributed by atoms with Gasteiger partial charge in [-0.1, -0.05) is 37.3 Å². The lowest BCUT2D eigenvalue weighted by molar-refractivity contribution is -0.149. The number of benzene rings is 2. The molecule has 0 spiro atoms. The van der Waals surface area contributed by atoms with E-state index in [9.17, 15) is 18.0 Å². The van der Waals surface area contributed by atoms with Crippen molar-refractivity contribution in [2.75, 3.05) is 26.0 Å². The molecule has 2 aromatic rings. The molecule has 7 nitrogen and oxygen atoms in total. The van der Waals surface area contributed by atoms with E-state index < -0.39 is 34.4 Å². The van der Waals surface area contributed by atoms with E-state index in [1.807, 2.05) is 37.3 Å². The van der Waals surface area contributed by atoms with Gasteiger partial charge in [0.2, 0.25) is 10.0 Å². The van der Waals surface area contributed by atoms with Gasteiger partial charge in [0.25, 0.3) is 5.91 Å². The number of amides is 1. The fraction of sp³-hybridized carbons (Fsp3) is 0.300. The van der Waals surface area contributed by atoms with Crippen LogP contribution in [0.1, 0.15) is 24.8 Å². The molecule has 0 fully saturated rings. The van der Waals surface area contributed by atoms with Crippen LogP contribution in [-0.4, -0.2) is 45.3 Å². The number of anilines is 1. The zero-order valence-corrected chi connectivity index (χ0v) is 16.9. The quantitative estimate of drug-likeness (QED) is 0.683. The van der Waals surface area contributed by atoms with Crippen molar-refractivity contribution in [1.29, 1.82) is 0 Å². The highest BCUT2D eigenvalue weighted by Crippen LogP contribution is 2.21. The number of nitrogens with one attached hydrogen (secondary N) is 1. The van der Waals surface area contributed by atoms with E-state index in [0.29, 0.717) is 12.1 Å². The highest BCUT2D eigenvalue weighted by atomic mass is 32.2. The number of rotatable bonds is 8. The van der Waals surface area contributed by atoms with Crippen molar-refractivity contribution in [3.05, 3.63) is 60.2 Å². The van der Waals surface area contributed by atoms with Crippen molar-refractivity contribution in [3.8, 4) is 0 Å². The van der Waals surface area contributed by atoms with E-state index in [1.165, 1.54) is 38.4 Å². The fourth-order valence-corrected chi connectivity index (χ4v) is 3.48. The summed E-state index contributed by atoms with van der Waals surface area (Å²) in [6.07, 6.45) is 0.562. The summed E-state index contributed by atoms with van der Waals surface area (Å²) in [5, 5.41) is 2.58. The second-order valence-electron chi connectivity index (χ2n) is 6.34. The van der Waals surface area contributed by atoms with Crippen LogP contribution in [0.2, 0.25) is 0 Å². The highest BCUT2D eigenvalue weighted by Gasteiger charge is 2.21. The predicted octanol–water partition coefficient (Wildman–Crippen LogP) is 2.61. The summed E-state index contributed by atoms with van der Waals surface area (Å²) in [5.74, 6) is -1.39. The Balaban J connectivity index is 1.93. The zero-order chi connectivity index (χ0) is 20.7. The van der Waals surface area contributed by atoms with Crippen LogP contribution < -0.4 is 5.32 Å². The fourth-order valence-electron chi connectivity index (χ4n) is 2.58. The van der Waals surface area contributed by atoms with E-state index in [2.05, 4.69) is 5.32 Å². The Hall–Kier alpha value is -2.71. The molecule has 0 saturated carbocycles. The van der Waals surface area contributed by atoms with Crippen molar-refractivity contribution in [3.63, 3.8) is 0 Å². The number of carbonyl (C=O) groups excluding carboxylic acids is 2. The first kappa shape index (κ1) is 21.6. The Labute approximate surface area is 165 Å². The van der Waals surface area contributed by atoms with Gasteiger partial charge in [0, 0.05) is 19.8 Å². The van der Waals surface area contributed by atoms with E-state index in [4.69, 9.17) is 4.74 Å². The summed E-state index contributed by atoms with van der Waals surface area (Å²) in [6, 6.07) is 15.0. The first-order valence-electron chi connectivity index (χ1n) is 8.79. The van der Waals surface area contributed by atoms with Crippen LogP contribution in [0.5, 0.6) is 0 Å². The Kier molecular flexibility index (Phi) is 7.31. The second-order valence-corrected chi connectivity index (χ2v) is 8.49. The molecular weight excluding hydrogens is 380 g/mol. The Morgan fingerprint density at radius 1 is 1.04 bits per heavy atom. The first-order valence-corrected chi connectivity index (χ1v) is 10.2. The number of ether oxygens (including phenoxy) is 1. The molecule has 28 heavy (non-hydrogen) atoms. The Morgan fingerprint density at radius 3 is 2.18 bits per heavy atom. The maximum atomic E-state index is 12.3. The van der Waals surface area contributed by atoms with Crippen molar-refractivity contribution in [2.24, 2.45) is 0 Å². The molecule has 2 aromatic carbocycles. The summed E-state index contributed by atoms with van der Waals surface area (Å²) in [6.45, 7) is 1.46. The lowest BCUT2D eigenvalue weighted by Gasteiger charge is -2.15. The second kappa shape index (κ2) is 9.48. The van der Waals surface area contributed by atoms with Crippen molar-refractivity contribution < 1.29 is 22.7 Å². The molecule has 8 heteroatoms. The van der Waals surface area contributed by atoms with Gasteiger partial charge >= 0.3 is 5.97 Å². The van der Waals surface area contributed by atoms with Gasteiger partial charge in [0.15, 0.2) is 6.61 Å².